The fourth-order valence-corrected chi connectivity index (χ4v) is 10.5. The summed E-state index contributed by atoms with van der Waals surface area (Å²) in [5, 5.41) is 54.2. The zero-order valence-electron chi connectivity index (χ0n) is 25.1. The van der Waals surface area contributed by atoms with Gasteiger partial charge in [-0.1, -0.05) is 65.5 Å². The van der Waals surface area contributed by atoms with Crippen molar-refractivity contribution in [1.29, 1.82) is 0 Å². The van der Waals surface area contributed by atoms with Crippen molar-refractivity contribution < 1.29 is 30.3 Å². The lowest BCUT2D eigenvalue weighted by Gasteiger charge is -2.61. The normalized spacial score (nSPS) is 50.6. The summed E-state index contributed by atoms with van der Waals surface area (Å²) in [7, 11) is 0. The van der Waals surface area contributed by atoms with E-state index in [1.807, 2.05) is 0 Å². The molecule has 5 aliphatic rings. The van der Waals surface area contributed by atoms with Gasteiger partial charge in [-0.05, 0) is 91.3 Å². The number of ether oxygens (including phenoxy) is 1. The highest BCUT2D eigenvalue weighted by Crippen LogP contribution is 2.68. The second kappa shape index (κ2) is 10.6. The van der Waals surface area contributed by atoms with Gasteiger partial charge in [-0.25, -0.2) is 0 Å². The third-order valence-corrected chi connectivity index (χ3v) is 13.1. The van der Waals surface area contributed by atoms with Crippen LogP contribution < -0.4 is 0 Å². The molecular formula is C33H56O6. The van der Waals surface area contributed by atoms with Gasteiger partial charge in [-0.3, -0.25) is 0 Å². The van der Waals surface area contributed by atoms with Crippen LogP contribution in [0.15, 0.2) is 11.6 Å². The minimum Gasteiger partial charge on any atom is -0.394 e. The van der Waals surface area contributed by atoms with Gasteiger partial charge >= 0.3 is 0 Å². The average molecular weight is 549 g/mol. The van der Waals surface area contributed by atoms with Crippen LogP contribution in [0, 0.1) is 46.3 Å². The Bertz CT molecular complexity index is 920. The monoisotopic (exact) mass is 548 g/mol. The third kappa shape index (κ3) is 4.68. The number of hydrogen-bond acceptors (Lipinski definition) is 6. The molecule has 6 nitrogen and oxygen atoms in total. The van der Waals surface area contributed by atoms with Crippen LogP contribution in [0.25, 0.3) is 0 Å². The second-order valence-corrected chi connectivity index (χ2v) is 15.4. The molecule has 1 heterocycles. The van der Waals surface area contributed by atoms with Crippen molar-refractivity contribution in [2.24, 2.45) is 46.3 Å². The van der Waals surface area contributed by atoms with E-state index in [4.69, 9.17) is 4.74 Å². The van der Waals surface area contributed by atoms with E-state index in [0.29, 0.717) is 23.7 Å². The fourth-order valence-electron chi connectivity index (χ4n) is 10.5. The van der Waals surface area contributed by atoms with Gasteiger partial charge in [0.15, 0.2) is 0 Å². The molecule has 4 aliphatic carbocycles. The molecule has 5 N–H and O–H groups in total. The highest BCUT2D eigenvalue weighted by Gasteiger charge is 2.65. The number of fused-ring (bicyclic) bond motifs is 5. The van der Waals surface area contributed by atoms with E-state index < -0.39 is 36.1 Å². The summed E-state index contributed by atoms with van der Waals surface area (Å²) in [4.78, 5) is 0. The molecule has 5 rings (SSSR count). The van der Waals surface area contributed by atoms with Crippen LogP contribution in [0.1, 0.15) is 105 Å². The van der Waals surface area contributed by atoms with E-state index >= 15 is 0 Å². The van der Waals surface area contributed by atoms with Crippen molar-refractivity contribution >= 4 is 0 Å². The van der Waals surface area contributed by atoms with Crippen molar-refractivity contribution in [3.63, 3.8) is 0 Å². The molecule has 0 radical (unpaired) electrons. The number of aliphatic hydroxyl groups is 5. The van der Waals surface area contributed by atoms with Crippen molar-refractivity contribution in [1.82, 2.24) is 0 Å². The molecule has 3 saturated carbocycles. The van der Waals surface area contributed by atoms with E-state index in [0.717, 1.165) is 36.5 Å². The van der Waals surface area contributed by atoms with Crippen molar-refractivity contribution in [2.75, 3.05) is 13.2 Å². The fraction of sp³-hybridized carbons (Fsp3) is 0.939. The molecule has 0 aromatic heterocycles. The molecule has 1 aliphatic heterocycles. The van der Waals surface area contributed by atoms with E-state index in [9.17, 15) is 25.5 Å². The number of rotatable bonds is 7. The van der Waals surface area contributed by atoms with Crippen LogP contribution in [0.4, 0.5) is 0 Å². The van der Waals surface area contributed by atoms with Gasteiger partial charge in [0, 0.05) is 6.42 Å². The summed E-state index contributed by atoms with van der Waals surface area (Å²) < 4.78 is 5.53. The molecular weight excluding hydrogens is 492 g/mol. The Morgan fingerprint density at radius 2 is 1.72 bits per heavy atom. The molecule has 39 heavy (non-hydrogen) atoms. The lowest BCUT2D eigenvalue weighted by atomic mass is 9.45. The van der Waals surface area contributed by atoms with E-state index in [1.54, 1.807) is 0 Å². The highest BCUT2D eigenvalue weighted by atomic mass is 16.5. The maximum atomic E-state index is 11.8. The first kappa shape index (κ1) is 30.0. The first-order chi connectivity index (χ1) is 18.3. The summed E-state index contributed by atoms with van der Waals surface area (Å²) in [6.45, 7) is 11.4. The SMILES string of the molecule is CC(C)CCC[C@@H](C)[C@H]1CC[C@H]2[C@@H]3CC=C4C[C@](O)([C@@]5(O)CO[C@H](CO)[C@H](O)[C@@H]5O)CC[C@]4(C)[C@H]3CC[C@]12C. The largest absolute Gasteiger partial charge is 0.394 e. The van der Waals surface area contributed by atoms with Gasteiger partial charge in [0.05, 0.1) is 13.2 Å². The molecule has 6 heteroatoms. The molecule has 0 aromatic rings. The van der Waals surface area contributed by atoms with Crippen molar-refractivity contribution in [2.45, 2.75) is 135 Å². The van der Waals surface area contributed by atoms with Crippen LogP contribution in [0.3, 0.4) is 0 Å². The zero-order valence-corrected chi connectivity index (χ0v) is 25.1. The molecule has 4 fully saturated rings. The summed E-state index contributed by atoms with van der Waals surface area (Å²) in [5.74, 6) is 4.41. The summed E-state index contributed by atoms with van der Waals surface area (Å²) >= 11 is 0. The topological polar surface area (TPSA) is 110 Å². The molecule has 0 aromatic carbocycles. The maximum Gasteiger partial charge on any atom is 0.145 e. The van der Waals surface area contributed by atoms with Crippen LogP contribution in [0.2, 0.25) is 0 Å². The lowest BCUT2D eigenvalue weighted by molar-refractivity contribution is -0.300. The number of hydrogen-bond donors (Lipinski definition) is 5. The van der Waals surface area contributed by atoms with Crippen molar-refractivity contribution in [3.8, 4) is 0 Å². The minimum atomic E-state index is -1.98. The Kier molecular flexibility index (Phi) is 8.18. The Morgan fingerprint density at radius 1 is 0.974 bits per heavy atom. The average Bonchev–Trinajstić information content (AvgIpc) is 3.25. The Morgan fingerprint density at radius 3 is 2.41 bits per heavy atom. The van der Waals surface area contributed by atoms with Crippen LogP contribution >= 0.6 is 0 Å². The highest BCUT2D eigenvalue weighted by molar-refractivity contribution is 5.30. The predicted molar refractivity (Wildman–Crippen MR) is 152 cm³/mol. The zero-order chi connectivity index (χ0) is 28.4. The van der Waals surface area contributed by atoms with E-state index in [2.05, 4.69) is 40.7 Å². The van der Waals surface area contributed by atoms with E-state index in [-0.39, 0.29) is 18.4 Å². The summed E-state index contributed by atoms with van der Waals surface area (Å²) in [6, 6.07) is 0. The molecule has 1 saturated heterocycles. The number of allylic oxidation sites excluding steroid dienone is 1. The quantitative estimate of drug-likeness (QED) is 0.298. The maximum absolute atomic E-state index is 11.8. The third-order valence-electron chi connectivity index (χ3n) is 13.1. The molecule has 0 unspecified atom stereocenters. The van der Waals surface area contributed by atoms with Crippen LogP contribution in [0.5, 0.6) is 0 Å². The molecule has 0 amide bonds. The van der Waals surface area contributed by atoms with Crippen LogP contribution in [-0.2, 0) is 4.74 Å². The van der Waals surface area contributed by atoms with Gasteiger partial charge in [-0.2, -0.15) is 0 Å². The van der Waals surface area contributed by atoms with Gasteiger partial charge in [0.1, 0.15) is 29.5 Å². The van der Waals surface area contributed by atoms with Crippen LogP contribution in [-0.4, -0.2) is 68.3 Å². The molecule has 0 bridgehead atoms. The van der Waals surface area contributed by atoms with Gasteiger partial charge in [0.2, 0.25) is 0 Å². The first-order valence-corrected chi connectivity index (χ1v) is 16.0. The first-order valence-electron chi connectivity index (χ1n) is 16.0. The van der Waals surface area contributed by atoms with Gasteiger partial charge < -0.3 is 30.3 Å². The minimum absolute atomic E-state index is 0.0134. The number of aliphatic hydroxyl groups excluding tert-OH is 3. The Balaban J connectivity index is 1.32. The van der Waals surface area contributed by atoms with E-state index in [1.165, 1.54) is 50.5 Å². The predicted octanol–water partition coefficient (Wildman–Crippen LogP) is 4.60. The molecule has 0 spiro atoms. The lowest BCUT2D eigenvalue weighted by Crippen LogP contribution is -2.73. The van der Waals surface area contributed by atoms with Crippen molar-refractivity contribution in [3.05, 3.63) is 11.6 Å². The Labute approximate surface area is 236 Å². The Hall–Kier alpha value is -0.500. The standard InChI is InChI=1S/C33H56O6/c1-20(2)7-6-8-21(3)24-11-12-25-23-10-9-22-17-32(37,33(38)19-39-27(18-34)28(35)29(33)36)16-15-30(22,4)26(23)13-14-31(24,25)5/h9,20-21,23-29,34-38H,6-8,10-19H2,1-5H3/t21-,23+,24-,25+,26+,27-,28+,29+,30+,31-,32+,33-/m1/s1. The smallest absolute Gasteiger partial charge is 0.145 e. The summed E-state index contributed by atoms with van der Waals surface area (Å²) in [6.07, 6.45) is 10.1. The summed E-state index contributed by atoms with van der Waals surface area (Å²) in [5.41, 5.74) is -1.95. The molecule has 224 valence electrons. The van der Waals surface area contributed by atoms with Gasteiger partial charge in [-0.15, -0.1) is 0 Å². The van der Waals surface area contributed by atoms with Gasteiger partial charge in [0.25, 0.3) is 0 Å². The molecule has 12 atom stereocenters. The second-order valence-electron chi connectivity index (χ2n) is 15.4.